The fourth-order valence-corrected chi connectivity index (χ4v) is 4.98. The molecule has 1 atom stereocenters. The summed E-state index contributed by atoms with van der Waals surface area (Å²) in [6.07, 6.45) is 1.44. The Bertz CT molecular complexity index is 985. The Kier molecular flexibility index (Phi) is 3.58. The lowest BCUT2D eigenvalue weighted by atomic mass is 10.1. The van der Waals surface area contributed by atoms with Crippen LogP contribution in [0.4, 0.5) is 4.39 Å². The van der Waals surface area contributed by atoms with Crippen molar-refractivity contribution < 1.29 is 17.4 Å². The Balaban J connectivity index is 1.78. The largest absolute Gasteiger partial charge is 0.245 e. The molecule has 0 unspecified atom stereocenters. The first-order valence-electron chi connectivity index (χ1n) is 7.56. The van der Waals surface area contributed by atoms with Gasteiger partial charge in [-0.05, 0) is 53.0 Å². The van der Waals surface area contributed by atoms with Crippen LogP contribution in [-0.4, -0.2) is 29.6 Å². The highest BCUT2D eigenvalue weighted by Gasteiger charge is 2.37. The maximum absolute atomic E-state index is 13.2. The van der Waals surface area contributed by atoms with Gasteiger partial charge in [0.2, 0.25) is 10.0 Å². The maximum atomic E-state index is 13.2. The van der Waals surface area contributed by atoms with E-state index >= 15 is 0 Å². The van der Waals surface area contributed by atoms with Gasteiger partial charge in [-0.1, -0.05) is 18.2 Å². The zero-order valence-electron chi connectivity index (χ0n) is 12.6. The van der Waals surface area contributed by atoms with Crippen molar-refractivity contribution in [3.05, 3.63) is 53.8 Å². The van der Waals surface area contributed by atoms with Crippen molar-refractivity contribution in [1.29, 1.82) is 0 Å². The zero-order chi connectivity index (χ0) is 16.7. The molecular formula is C16H14FN3O3S. The van der Waals surface area contributed by atoms with E-state index in [0.717, 1.165) is 12.0 Å². The Morgan fingerprint density at radius 1 is 1.12 bits per heavy atom. The molecular weight excluding hydrogens is 333 g/mol. The quantitative estimate of drug-likeness (QED) is 0.728. The number of hydrogen-bond donors (Lipinski definition) is 0. The van der Waals surface area contributed by atoms with Crippen molar-refractivity contribution in [2.45, 2.75) is 23.8 Å². The lowest BCUT2D eigenvalue weighted by Crippen LogP contribution is -2.30. The van der Waals surface area contributed by atoms with Gasteiger partial charge in [-0.15, -0.1) is 0 Å². The molecule has 0 amide bonds. The predicted molar refractivity (Wildman–Crippen MR) is 84.1 cm³/mol. The molecule has 2 aromatic carbocycles. The van der Waals surface area contributed by atoms with Crippen LogP contribution in [-0.2, 0) is 10.0 Å². The van der Waals surface area contributed by atoms with Crippen molar-refractivity contribution in [2.75, 3.05) is 6.54 Å². The minimum absolute atomic E-state index is 0.0789. The van der Waals surface area contributed by atoms with E-state index in [-0.39, 0.29) is 22.3 Å². The molecule has 1 aliphatic heterocycles. The third-order valence-electron chi connectivity index (χ3n) is 4.29. The molecule has 124 valence electrons. The first kappa shape index (κ1) is 15.2. The summed E-state index contributed by atoms with van der Waals surface area (Å²) >= 11 is 0. The van der Waals surface area contributed by atoms with Crippen LogP contribution in [0.15, 0.2) is 52.0 Å². The second kappa shape index (κ2) is 5.64. The van der Waals surface area contributed by atoms with E-state index in [1.165, 1.54) is 22.5 Å². The van der Waals surface area contributed by atoms with Crippen molar-refractivity contribution in [1.82, 2.24) is 14.6 Å². The summed E-state index contributed by atoms with van der Waals surface area (Å²) in [6, 6.07) is 10.4. The fraction of sp³-hybridized carbons (Fsp3) is 0.250. The number of nitrogens with zero attached hydrogens (tertiary/aromatic N) is 3. The second-order valence-electron chi connectivity index (χ2n) is 5.71. The SMILES string of the molecule is O=S(=O)(c1cccc2nonc12)N1CCC[C@@H]1c1ccc(F)cc1. The summed E-state index contributed by atoms with van der Waals surface area (Å²) < 4.78 is 45.5. The number of halogens is 1. The van der Waals surface area contributed by atoms with Gasteiger partial charge in [0.15, 0.2) is 5.52 Å². The fourth-order valence-electron chi connectivity index (χ4n) is 3.16. The molecule has 0 radical (unpaired) electrons. The van der Waals surface area contributed by atoms with Crippen LogP contribution in [0.25, 0.3) is 11.0 Å². The van der Waals surface area contributed by atoms with Crippen LogP contribution in [0.5, 0.6) is 0 Å². The molecule has 0 bridgehead atoms. The van der Waals surface area contributed by atoms with E-state index in [1.54, 1.807) is 24.3 Å². The molecule has 0 saturated carbocycles. The number of rotatable bonds is 3. The van der Waals surface area contributed by atoms with Crippen molar-refractivity contribution in [3.8, 4) is 0 Å². The van der Waals surface area contributed by atoms with Gasteiger partial charge in [-0.25, -0.2) is 17.4 Å². The smallest absolute Gasteiger partial charge is 0.243 e. The van der Waals surface area contributed by atoms with Crippen LogP contribution in [0.1, 0.15) is 24.4 Å². The Morgan fingerprint density at radius 3 is 2.71 bits per heavy atom. The van der Waals surface area contributed by atoms with Crippen LogP contribution in [0.2, 0.25) is 0 Å². The van der Waals surface area contributed by atoms with Gasteiger partial charge in [0, 0.05) is 6.54 Å². The average Bonchev–Trinajstić information content (AvgIpc) is 3.24. The van der Waals surface area contributed by atoms with Gasteiger partial charge in [0.1, 0.15) is 16.2 Å². The van der Waals surface area contributed by atoms with Crippen LogP contribution < -0.4 is 0 Å². The first-order chi connectivity index (χ1) is 11.6. The van der Waals surface area contributed by atoms with Gasteiger partial charge >= 0.3 is 0 Å². The molecule has 2 heterocycles. The highest BCUT2D eigenvalue weighted by atomic mass is 32.2. The third-order valence-corrected chi connectivity index (χ3v) is 6.23. The number of fused-ring (bicyclic) bond motifs is 1. The summed E-state index contributed by atoms with van der Waals surface area (Å²) in [5.41, 5.74) is 1.40. The summed E-state index contributed by atoms with van der Waals surface area (Å²) in [5, 5.41) is 7.42. The molecule has 0 spiro atoms. The number of aromatic nitrogens is 2. The minimum Gasteiger partial charge on any atom is -0.243 e. The topological polar surface area (TPSA) is 76.3 Å². The van der Waals surface area contributed by atoms with Crippen molar-refractivity contribution in [2.24, 2.45) is 0 Å². The number of sulfonamides is 1. The van der Waals surface area contributed by atoms with E-state index in [0.29, 0.717) is 18.5 Å². The number of benzene rings is 2. The van der Waals surface area contributed by atoms with E-state index in [4.69, 9.17) is 0 Å². The lowest BCUT2D eigenvalue weighted by Gasteiger charge is -2.24. The molecule has 8 heteroatoms. The summed E-state index contributed by atoms with van der Waals surface area (Å²) in [7, 11) is -3.77. The van der Waals surface area contributed by atoms with Crippen LogP contribution in [0, 0.1) is 5.82 Å². The molecule has 1 fully saturated rings. The van der Waals surface area contributed by atoms with Crippen LogP contribution >= 0.6 is 0 Å². The standard InChI is InChI=1S/C16H14FN3O3S/c17-12-8-6-11(7-9-12)14-4-2-10-20(14)24(21,22)15-5-1-3-13-16(15)19-23-18-13/h1,3,5-9,14H,2,4,10H2/t14-/m1/s1. The van der Waals surface area contributed by atoms with E-state index in [1.807, 2.05) is 0 Å². The second-order valence-corrected chi connectivity index (χ2v) is 7.57. The van der Waals surface area contributed by atoms with Gasteiger partial charge in [-0.3, -0.25) is 0 Å². The maximum Gasteiger partial charge on any atom is 0.245 e. The molecule has 1 aliphatic rings. The molecule has 24 heavy (non-hydrogen) atoms. The highest BCUT2D eigenvalue weighted by molar-refractivity contribution is 7.89. The van der Waals surface area contributed by atoms with Crippen molar-refractivity contribution in [3.63, 3.8) is 0 Å². The lowest BCUT2D eigenvalue weighted by molar-refractivity contribution is 0.315. The normalized spacial score (nSPS) is 19.1. The summed E-state index contributed by atoms with van der Waals surface area (Å²) in [4.78, 5) is 0.0789. The third kappa shape index (κ3) is 2.38. The Labute approximate surface area is 137 Å². The molecule has 1 saturated heterocycles. The highest BCUT2D eigenvalue weighted by Crippen LogP contribution is 2.37. The van der Waals surface area contributed by atoms with Gasteiger partial charge in [-0.2, -0.15) is 4.31 Å². The minimum atomic E-state index is -3.77. The van der Waals surface area contributed by atoms with Gasteiger partial charge in [0.05, 0.1) is 6.04 Å². The summed E-state index contributed by atoms with van der Waals surface area (Å²) in [5.74, 6) is -0.343. The Morgan fingerprint density at radius 2 is 1.92 bits per heavy atom. The zero-order valence-corrected chi connectivity index (χ0v) is 13.4. The molecule has 6 nitrogen and oxygen atoms in total. The molecule has 0 N–H and O–H groups in total. The van der Waals surface area contributed by atoms with Crippen LogP contribution in [0.3, 0.4) is 0 Å². The van der Waals surface area contributed by atoms with Crippen molar-refractivity contribution >= 4 is 21.1 Å². The van der Waals surface area contributed by atoms with E-state index in [9.17, 15) is 12.8 Å². The molecule has 4 rings (SSSR count). The Hall–Kier alpha value is -2.32. The summed E-state index contributed by atoms with van der Waals surface area (Å²) in [6.45, 7) is 0.409. The van der Waals surface area contributed by atoms with Gasteiger partial charge < -0.3 is 0 Å². The van der Waals surface area contributed by atoms with Gasteiger partial charge in [0.25, 0.3) is 0 Å². The van der Waals surface area contributed by atoms with E-state index < -0.39 is 10.0 Å². The number of hydrogen-bond acceptors (Lipinski definition) is 5. The molecule has 0 aliphatic carbocycles. The molecule has 3 aromatic rings. The average molecular weight is 347 g/mol. The predicted octanol–water partition coefficient (Wildman–Crippen LogP) is 2.89. The monoisotopic (exact) mass is 347 g/mol. The molecule has 1 aromatic heterocycles. The first-order valence-corrected chi connectivity index (χ1v) is 9.00. The van der Waals surface area contributed by atoms with E-state index in [2.05, 4.69) is 14.9 Å².